The van der Waals surface area contributed by atoms with Gasteiger partial charge in [0.2, 0.25) is 10.0 Å². The average molecular weight is 377 g/mol. The molecule has 0 aliphatic carbocycles. The fourth-order valence-corrected chi connectivity index (χ4v) is 3.87. The van der Waals surface area contributed by atoms with Gasteiger partial charge in [0.15, 0.2) is 0 Å². The molecule has 2 aromatic carbocycles. The van der Waals surface area contributed by atoms with Crippen LogP contribution in [-0.2, 0) is 16.6 Å². The van der Waals surface area contributed by atoms with Gasteiger partial charge in [-0.3, -0.25) is 4.57 Å². The molecule has 0 aliphatic rings. The van der Waals surface area contributed by atoms with Gasteiger partial charge in [0.25, 0.3) is 0 Å². The number of sulfonamides is 1. The highest BCUT2D eigenvalue weighted by atomic mass is 32.2. The van der Waals surface area contributed by atoms with E-state index < -0.39 is 10.0 Å². The lowest BCUT2D eigenvalue weighted by Crippen LogP contribution is -2.30. The maximum atomic E-state index is 12.6. The monoisotopic (exact) mass is 377 g/mol. The lowest BCUT2D eigenvalue weighted by atomic mass is 10.3. The highest BCUT2D eigenvalue weighted by molar-refractivity contribution is 7.89. The third kappa shape index (κ3) is 3.44. The van der Waals surface area contributed by atoms with Crippen molar-refractivity contribution in [1.82, 2.24) is 14.3 Å². The molecule has 1 heterocycles. The van der Waals surface area contributed by atoms with Crippen molar-refractivity contribution in [3.63, 3.8) is 0 Å². The van der Waals surface area contributed by atoms with E-state index in [0.717, 1.165) is 5.52 Å². The first-order valence-electron chi connectivity index (χ1n) is 7.85. The van der Waals surface area contributed by atoms with E-state index in [1.54, 1.807) is 18.2 Å². The van der Waals surface area contributed by atoms with Gasteiger partial charge in [0.1, 0.15) is 16.4 Å². The summed E-state index contributed by atoms with van der Waals surface area (Å²) in [6.07, 6.45) is 0. The smallest absolute Gasteiger partial charge is 0.326 e. The largest absolute Gasteiger partial charge is 0.497 e. The van der Waals surface area contributed by atoms with Crippen molar-refractivity contribution in [1.29, 1.82) is 0 Å². The second-order valence-corrected chi connectivity index (χ2v) is 7.25. The van der Waals surface area contributed by atoms with Crippen molar-refractivity contribution in [2.75, 3.05) is 20.8 Å². The minimum absolute atomic E-state index is 0.00655. The second kappa shape index (κ2) is 7.22. The SMILES string of the molecule is COc1ccc(S(=O)(=O)NCCn2c(=O)[nH]c3ccccc32)c(OC)c1. The van der Waals surface area contributed by atoms with Crippen LogP contribution in [-0.4, -0.2) is 38.7 Å². The number of ether oxygens (including phenoxy) is 2. The molecule has 0 spiro atoms. The predicted molar refractivity (Wildman–Crippen MR) is 97.3 cm³/mol. The van der Waals surface area contributed by atoms with Crippen LogP contribution in [0.1, 0.15) is 0 Å². The summed E-state index contributed by atoms with van der Waals surface area (Å²) < 4.78 is 39.3. The molecule has 0 bridgehead atoms. The number of para-hydroxylation sites is 2. The van der Waals surface area contributed by atoms with Gasteiger partial charge in [-0.2, -0.15) is 0 Å². The maximum absolute atomic E-state index is 12.6. The quantitative estimate of drug-likeness (QED) is 0.647. The molecule has 3 rings (SSSR count). The van der Waals surface area contributed by atoms with Crippen LogP contribution in [0.4, 0.5) is 0 Å². The Labute approximate surface area is 150 Å². The number of methoxy groups -OCH3 is 2. The molecule has 1 aromatic heterocycles. The van der Waals surface area contributed by atoms with Crippen LogP contribution < -0.4 is 19.9 Å². The molecule has 26 heavy (non-hydrogen) atoms. The minimum Gasteiger partial charge on any atom is -0.497 e. The molecule has 0 amide bonds. The molecule has 0 atom stereocenters. The van der Waals surface area contributed by atoms with Crippen molar-refractivity contribution < 1.29 is 17.9 Å². The van der Waals surface area contributed by atoms with Crippen LogP contribution in [0.25, 0.3) is 11.0 Å². The second-order valence-electron chi connectivity index (χ2n) is 5.51. The van der Waals surface area contributed by atoms with E-state index >= 15 is 0 Å². The molecule has 0 unspecified atom stereocenters. The molecular formula is C17H19N3O5S. The number of hydrogen-bond donors (Lipinski definition) is 2. The molecule has 138 valence electrons. The summed E-state index contributed by atoms with van der Waals surface area (Å²) in [6, 6.07) is 11.7. The van der Waals surface area contributed by atoms with E-state index in [2.05, 4.69) is 9.71 Å². The van der Waals surface area contributed by atoms with E-state index in [-0.39, 0.29) is 29.4 Å². The van der Waals surface area contributed by atoms with Crippen LogP contribution in [0.2, 0.25) is 0 Å². The lowest BCUT2D eigenvalue weighted by molar-refractivity contribution is 0.386. The first-order chi connectivity index (χ1) is 12.5. The van der Waals surface area contributed by atoms with Crippen LogP contribution in [0.5, 0.6) is 11.5 Å². The van der Waals surface area contributed by atoms with Gasteiger partial charge >= 0.3 is 5.69 Å². The number of aromatic amines is 1. The Kier molecular flexibility index (Phi) is 5.01. The summed E-state index contributed by atoms with van der Waals surface area (Å²) in [5.41, 5.74) is 1.14. The molecule has 2 N–H and O–H groups in total. The summed E-state index contributed by atoms with van der Waals surface area (Å²) in [5, 5.41) is 0. The highest BCUT2D eigenvalue weighted by Gasteiger charge is 2.20. The van der Waals surface area contributed by atoms with Gasteiger partial charge in [0.05, 0.1) is 25.3 Å². The Morgan fingerprint density at radius 3 is 2.62 bits per heavy atom. The van der Waals surface area contributed by atoms with E-state index in [1.807, 2.05) is 12.1 Å². The van der Waals surface area contributed by atoms with E-state index in [1.165, 1.54) is 30.9 Å². The number of nitrogens with one attached hydrogen (secondary N) is 2. The van der Waals surface area contributed by atoms with Crippen LogP contribution in [0, 0.1) is 0 Å². The zero-order chi connectivity index (χ0) is 18.7. The number of H-pyrrole nitrogens is 1. The van der Waals surface area contributed by atoms with Crippen LogP contribution in [0.15, 0.2) is 52.2 Å². The molecule has 0 fully saturated rings. The number of nitrogens with zero attached hydrogens (tertiary/aromatic N) is 1. The molecule has 8 nitrogen and oxygen atoms in total. The number of fused-ring (bicyclic) bond motifs is 1. The van der Waals surface area contributed by atoms with Gasteiger partial charge in [-0.15, -0.1) is 0 Å². The van der Waals surface area contributed by atoms with Crippen molar-refractivity contribution >= 4 is 21.1 Å². The molecular weight excluding hydrogens is 358 g/mol. The van der Waals surface area contributed by atoms with Crippen molar-refractivity contribution in [2.45, 2.75) is 11.4 Å². The van der Waals surface area contributed by atoms with Gasteiger partial charge in [-0.05, 0) is 24.3 Å². The summed E-state index contributed by atoms with van der Waals surface area (Å²) in [4.78, 5) is 14.8. The topological polar surface area (TPSA) is 102 Å². The minimum atomic E-state index is -3.80. The fraction of sp³-hybridized carbons (Fsp3) is 0.235. The van der Waals surface area contributed by atoms with E-state index in [4.69, 9.17) is 9.47 Å². The molecule has 0 saturated heterocycles. The number of hydrogen-bond acceptors (Lipinski definition) is 5. The Morgan fingerprint density at radius 1 is 1.12 bits per heavy atom. The Balaban J connectivity index is 1.79. The van der Waals surface area contributed by atoms with E-state index in [0.29, 0.717) is 11.3 Å². The van der Waals surface area contributed by atoms with Crippen molar-refractivity contribution in [2.24, 2.45) is 0 Å². The molecule has 0 saturated carbocycles. The Morgan fingerprint density at radius 2 is 1.88 bits per heavy atom. The first-order valence-corrected chi connectivity index (χ1v) is 9.34. The van der Waals surface area contributed by atoms with Crippen LogP contribution in [0.3, 0.4) is 0 Å². The average Bonchev–Trinajstić information content (AvgIpc) is 2.96. The lowest BCUT2D eigenvalue weighted by Gasteiger charge is -2.12. The maximum Gasteiger partial charge on any atom is 0.326 e. The molecule has 0 aliphatic heterocycles. The molecule has 0 radical (unpaired) electrons. The van der Waals surface area contributed by atoms with Gasteiger partial charge in [-0.1, -0.05) is 12.1 Å². The Bertz CT molecular complexity index is 1090. The van der Waals surface area contributed by atoms with Gasteiger partial charge < -0.3 is 14.5 Å². The van der Waals surface area contributed by atoms with Gasteiger partial charge in [-0.25, -0.2) is 17.9 Å². The third-order valence-electron chi connectivity index (χ3n) is 3.97. The number of aromatic nitrogens is 2. The number of rotatable bonds is 7. The van der Waals surface area contributed by atoms with Crippen molar-refractivity contribution in [3.8, 4) is 11.5 Å². The summed E-state index contributed by atoms with van der Waals surface area (Å²) in [6.45, 7) is 0.250. The third-order valence-corrected chi connectivity index (χ3v) is 5.47. The summed E-state index contributed by atoms with van der Waals surface area (Å²) in [5.74, 6) is 0.673. The predicted octanol–water partition coefficient (Wildman–Crippen LogP) is 1.33. The summed E-state index contributed by atoms with van der Waals surface area (Å²) in [7, 11) is -0.929. The highest BCUT2D eigenvalue weighted by Crippen LogP contribution is 2.28. The van der Waals surface area contributed by atoms with Crippen LogP contribution >= 0.6 is 0 Å². The summed E-state index contributed by atoms with van der Waals surface area (Å²) >= 11 is 0. The Hall–Kier alpha value is -2.78. The van der Waals surface area contributed by atoms with Gasteiger partial charge in [0, 0.05) is 19.2 Å². The standard InChI is InChI=1S/C17H19N3O5S/c1-24-12-7-8-16(15(11-12)25-2)26(22,23)18-9-10-20-14-6-4-3-5-13(14)19-17(20)21/h3-8,11,18H,9-10H2,1-2H3,(H,19,21). The molecule has 3 aromatic rings. The van der Waals surface area contributed by atoms with Crippen molar-refractivity contribution in [3.05, 3.63) is 52.9 Å². The zero-order valence-electron chi connectivity index (χ0n) is 14.4. The normalized spacial score (nSPS) is 11.6. The number of imidazole rings is 1. The first kappa shape index (κ1) is 18.0. The van der Waals surface area contributed by atoms with E-state index in [9.17, 15) is 13.2 Å². The number of benzene rings is 2. The zero-order valence-corrected chi connectivity index (χ0v) is 15.2. The molecule has 9 heteroatoms. The fourth-order valence-electron chi connectivity index (χ4n) is 2.70.